The summed E-state index contributed by atoms with van der Waals surface area (Å²) in [6.45, 7) is 7.06. The summed E-state index contributed by atoms with van der Waals surface area (Å²) in [5.74, 6) is 0. The molecule has 0 unspecified atom stereocenters. The Labute approximate surface area is 160 Å². The summed E-state index contributed by atoms with van der Waals surface area (Å²) in [6.07, 6.45) is 0. The van der Waals surface area contributed by atoms with Crippen molar-refractivity contribution in [1.82, 2.24) is 0 Å². The summed E-state index contributed by atoms with van der Waals surface area (Å²) in [6, 6.07) is 31.5. The Morgan fingerprint density at radius 2 is 1.00 bits per heavy atom. The van der Waals surface area contributed by atoms with E-state index in [0.717, 1.165) is 0 Å². The van der Waals surface area contributed by atoms with Crippen LogP contribution in [0.3, 0.4) is 0 Å². The van der Waals surface area contributed by atoms with E-state index in [1.807, 2.05) is 0 Å². The Hall–Kier alpha value is -1.03. The molecular weight excluding hydrogens is 471 g/mol. The Balaban J connectivity index is 1.98. The fourth-order valence-corrected chi connectivity index (χ4v) is 9.68. The number of rotatable bonds is 4. The van der Waals surface area contributed by atoms with Gasteiger partial charge in [-0.25, -0.2) is 0 Å². The Morgan fingerprint density at radius 1 is 0.583 bits per heavy atom. The van der Waals surface area contributed by atoms with Crippen LogP contribution in [-0.2, 0) is 0 Å². The average Bonchev–Trinajstić information content (AvgIpc) is 2.57. The van der Waals surface area contributed by atoms with E-state index in [0.29, 0.717) is 3.46 Å². The van der Waals surface area contributed by atoms with Gasteiger partial charge in [0.15, 0.2) is 0 Å². The van der Waals surface area contributed by atoms with Gasteiger partial charge in [0.2, 0.25) is 0 Å². The first-order chi connectivity index (χ1) is 11.5. The molecule has 3 aromatic rings. The molecule has 0 heterocycles. The van der Waals surface area contributed by atoms with Crippen molar-refractivity contribution in [2.75, 3.05) is 0 Å². The van der Waals surface area contributed by atoms with Gasteiger partial charge in [0.1, 0.15) is 0 Å². The molecule has 3 aromatic carbocycles. The van der Waals surface area contributed by atoms with Crippen LogP contribution in [0.15, 0.2) is 84.9 Å². The number of hydrogen-bond acceptors (Lipinski definition) is 0. The predicted molar refractivity (Wildman–Crippen MR) is 109 cm³/mol. The number of hydrogen-bond donors (Lipinski definition) is 0. The van der Waals surface area contributed by atoms with Crippen molar-refractivity contribution < 1.29 is 0 Å². The van der Waals surface area contributed by atoms with Gasteiger partial charge in [-0.1, -0.05) is 0 Å². The summed E-state index contributed by atoms with van der Waals surface area (Å²) in [5.41, 5.74) is 0. The first-order valence-corrected chi connectivity index (χ1v) is 13.1. The van der Waals surface area contributed by atoms with Crippen LogP contribution in [0.4, 0.5) is 0 Å². The second kappa shape index (κ2) is 7.90. The molecule has 0 aromatic heterocycles. The molecule has 0 aliphatic heterocycles. The van der Waals surface area contributed by atoms with Crippen LogP contribution in [0.5, 0.6) is 0 Å². The van der Waals surface area contributed by atoms with E-state index in [4.69, 9.17) is 0 Å². The van der Waals surface area contributed by atoms with Crippen molar-refractivity contribution >= 4 is 51.8 Å². The van der Waals surface area contributed by atoms with Gasteiger partial charge < -0.3 is 0 Å². The van der Waals surface area contributed by atoms with Crippen LogP contribution < -0.4 is 17.0 Å². The minimum absolute atomic E-state index is 0.139. The van der Waals surface area contributed by atoms with Gasteiger partial charge in [-0.3, -0.25) is 0 Å². The molecule has 0 bridgehead atoms. The average molecular weight is 494 g/mol. The van der Waals surface area contributed by atoms with E-state index >= 15 is 0 Å². The van der Waals surface area contributed by atoms with Crippen LogP contribution in [0.2, 0.25) is 3.46 Å². The third-order valence-electron chi connectivity index (χ3n) is 3.44. The van der Waals surface area contributed by atoms with Gasteiger partial charge in [-0.05, 0) is 0 Å². The zero-order chi connectivity index (χ0) is 17.0. The molecule has 0 fully saturated rings. The van der Waals surface area contributed by atoms with Crippen molar-refractivity contribution in [2.24, 2.45) is 0 Å². The molecule has 24 heavy (non-hydrogen) atoms. The predicted octanol–water partition coefficient (Wildman–Crippen LogP) is 2.75. The standard InChI is InChI=1S/C22H23SeTe/c1-22(2,3)24-21-16-14-20(15-17-21)23(18-10-6-4-7-11-18)19-12-8-5-9-13-19/h4-17H,1-3H3/q+1. The van der Waals surface area contributed by atoms with Gasteiger partial charge in [-0.15, -0.1) is 0 Å². The maximum absolute atomic E-state index is 2.39. The first-order valence-electron chi connectivity index (χ1n) is 8.16. The molecule has 0 aliphatic rings. The molecule has 0 saturated heterocycles. The van der Waals surface area contributed by atoms with Crippen molar-refractivity contribution in [2.45, 2.75) is 24.2 Å². The fraction of sp³-hybridized carbons (Fsp3) is 0.182. The van der Waals surface area contributed by atoms with Gasteiger partial charge in [-0.2, -0.15) is 0 Å². The Bertz CT molecular complexity index is 719. The van der Waals surface area contributed by atoms with E-state index in [1.165, 1.54) is 13.4 Å². The van der Waals surface area contributed by atoms with Crippen molar-refractivity contribution in [3.8, 4) is 0 Å². The van der Waals surface area contributed by atoms with Crippen LogP contribution >= 0.6 is 0 Å². The Kier molecular flexibility index (Phi) is 5.85. The maximum atomic E-state index is 2.39. The molecule has 0 saturated carbocycles. The molecule has 3 rings (SSSR count). The van der Waals surface area contributed by atoms with Crippen LogP contribution in [0.1, 0.15) is 20.8 Å². The molecule has 0 aliphatic carbocycles. The van der Waals surface area contributed by atoms with Gasteiger partial charge in [0.25, 0.3) is 0 Å². The number of benzene rings is 3. The van der Waals surface area contributed by atoms with E-state index in [1.54, 1.807) is 3.61 Å². The zero-order valence-corrected chi connectivity index (χ0v) is 18.4. The summed E-state index contributed by atoms with van der Waals surface area (Å²) in [4.78, 5) is 0. The second-order valence-corrected chi connectivity index (χ2v) is 16.3. The van der Waals surface area contributed by atoms with Gasteiger partial charge >= 0.3 is 161 Å². The van der Waals surface area contributed by atoms with E-state index in [2.05, 4.69) is 106 Å². The van der Waals surface area contributed by atoms with Crippen molar-refractivity contribution in [3.05, 3.63) is 84.9 Å². The molecule has 2 heteroatoms. The van der Waals surface area contributed by atoms with Crippen LogP contribution in [0, 0.1) is 0 Å². The summed E-state index contributed by atoms with van der Waals surface area (Å²) < 4.78 is 6.47. The first kappa shape index (κ1) is 17.8. The van der Waals surface area contributed by atoms with Crippen LogP contribution in [0.25, 0.3) is 0 Å². The zero-order valence-electron chi connectivity index (χ0n) is 14.4. The molecular formula is C22H23SeTe+. The van der Waals surface area contributed by atoms with E-state index in [9.17, 15) is 0 Å². The fourth-order valence-electron chi connectivity index (χ4n) is 2.52. The minimum atomic E-state index is -1.20. The third kappa shape index (κ3) is 4.75. The quantitative estimate of drug-likeness (QED) is 0.490. The topological polar surface area (TPSA) is 0 Å². The molecule has 0 radical (unpaired) electrons. The molecule has 0 atom stereocenters. The second-order valence-electron chi connectivity index (χ2n) is 6.62. The SMILES string of the molecule is CC(C)(C)[Te]c1ccc([Se+](c2ccccc2)c2ccccc2)cc1. The van der Waals surface area contributed by atoms with E-state index in [-0.39, 0.29) is 20.9 Å². The van der Waals surface area contributed by atoms with Crippen molar-refractivity contribution in [3.63, 3.8) is 0 Å². The molecule has 0 N–H and O–H groups in total. The van der Waals surface area contributed by atoms with Crippen LogP contribution in [-0.4, -0.2) is 34.8 Å². The summed E-state index contributed by atoms with van der Waals surface area (Å²) in [5, 5.41) is 0. The molecule has 122 valence electrons. The third-order valence-corrected chi connectivity index (χ3v) is 11.3. The molecule has 0 nitrogen and oxygen atoms in total. The molecule has 0 amide bonds. The van der Waals surface area contributed by atoms with Gasteiger partial charge in [0.05, 0.1) is 0 Å². The molecule has 0 spiro atoms. The summed E-state index contributed by atoms with van der Waals surface area (Å²) >= 11 is -1.34. The normalized spacial score (nSPS) is 11.7. The van der Waals surface area contributed by atoms with Crippen molar-refractivity contribution in [1.29, 1.82) is 0 Å². The summed E-state index contributed by atoms with van der Waals surface area (Å²) in [7, 11) is 0. The monoisotopic (exact) mass is 497 g/mol. The van der Waals surface area contributed by atoms with E-state index < -0.39 is 13.9 Å². The Morgan fingerprint density at radius 3 is 1.42 bits per heavy atom. The van der Waals surface area contributed by atoms with Gasteiger partial charge in [0, 0.05) is 0 Å².